The van der Waals surface area contributed by atoms with Crippen LogP contribution in [-0.2, 0) is 4.79 Å². The third-order valence-electron chi connectivity index (χ3n) is 5.39. The second kappa shape index (κ2) is 8.74. The minimum absolute atomic E-state index is 0.239. The molecule has 0 spiro atoms. The molecule has 0 aromatic rings. The molecular formula is C17H33N3O. The smallest absolute Gasteiger partial charge is 0.221 e. The number of carbonyl (C=O) groups excluding carboxylic acids is 1. The maximum absolute atomic E-state index is 12.1. The maximum Gasteiger partial charge on any atom is 0.221 e. The summed E-state index contributed by atoms with van der Waals surface area (Å²) in [6.07, 6.45) is 10.6. The summed E-state index contributed by atoms with van der Waals surface area (Å²) in [6.45, 7) is 4.90. The van der Waals surface area contributed by atoms with Gasteiger partial charge in [0, 0.05) is 25.0 Å². The molecule has 2 saturated carbocycles. The van der Waals surface area contributed by atoms with Crippen molar-refractivity contribution in [2.75, 3.05) is 19.6 Å². The van der Waals surface area contributed by atoms with Crippen molar-refractivity contribution in [1.29, 1.82) is 0 Å². The Bertz CT molecular complexity index is 315. The molecule has 0 aliphatic heterocycles. The highest BCUT2D eigenvalue weighted by molar-refractivity contribution is 5.76. The highest BCUT2D eigenvalue weighted by Gasteiger charge is 2.30. The lowest BCUT2D eigenvalue weighted by atomic mass is 9.95. The second-order valence-electron chi connectivity index (χ2n) is 6.78. The van der Waals surface area contributed by atoms with Crippen LogP contribution in [-0.4, -0.2) is 42.5 Å². The van der Waals surface area contributed by atoms with Gasteiger partial charge in [-0.2, -0.15) is 0 Å². The van der Waals surface area contributed by atoms with Crippen LogP contribution in [0.4, 0.5) is 0 Å². The van der Waals surface area contributed by atoms with Gasteiger partial charge >= 0.3 is 0 Å². The Labute approximate surface area is 129 Å². The third kappa shape index (κ3) is 4.96. The van der Waals surface area contributed by atoms with Crippen LogP contribution in [0.3, 0.4) is 0 Å². The van der Waals surface area contributed by atoms with E-state index in [2.05, 4.69) is 17.1 Å². The largest absolute Gasteiger partial charge is 0.353 e. The van der Waals surface area contributed by atoms with Crippen molar-refractivity contribution in [3.8, 4) is 0 Å². The van der Waals surface area contributed by atoms with Crippen LogP contribution in [0.5, 0.6) is 0 Å². The van der Waals surface area contributed by atoms with Gasteiger partial charge in [-0.25, -0.2) is 0 Å². The van der Waals surface area contributed by atoms with Crippen LogP contribution in [0.1, 0.15) is 64.7 Å². The summed E-state index contributed by atoms with van der Waals surface area (Å²) >= 11 is 0. The lowest BCUT2D eigenvalue weighted by molar-refractivity contribution is -0.122. The predicted octanol–water partition coefficient (Wildman–Crippen LogP) is 2.27. The average molecular weight is 295 g/mol. The van der Waals surface area contributed by atoms with Crippen molar-refractivity contribution in [2.45, 2.75) is 76.8 Å². The summed E-state index contributed by atoms with van der Waals surface area (Å²) in [7, 11) is 0. The van der Waals surface area contributed by atoms with Gasteiger partial charge in [-0.3, -0.25) is 9.69 Å². The molecule has 2 rings (SSSR count). The van der Waals surface area contributed by atoms with Gasteiger partial charge in [-0.1, -0.05) is 32.6 Å². The van der Waals surface area contributed by atoms with Crippen molar-refractivity contribution < 1.29 is 4.79 Å². The summed E-state index contributed by atoms with van der Waals surface area (Å²) in [4.78, 5) is 14.6. The number of carbonyl (C=O) groups is 1. The monoisotopic (exact) mass is 295 g/mol. The van der Waals surface area contributed by atoms with E-state index >= 15 is 0 Å². The summed E-state index contributed by atoms with van der Waals surface area (Å²) < 4.78 is 0. The summed E-state index contributed by atoms with van der Waals surface area (Å²) in [5.74, 6) is 0.869. The Kier molecular flexibility index (Phi) is 6.97. The molecular weight excluding hydrogens is 262 g/mol. The molecule has 2 fully saturated rings. The van der Waals surface area contributed by atoms with Crippen LogP contribution in [0.25, 0.3) is 0 Å². The molecule has 0 radical (unpaired) electrons. The molecule has 4 nitrogen and oxygen atoms in total. The van der Waals surface area contributed by atoms with Crippen LogP contribution in [0, 0.1) is 5.92 Å². The van der Waals surface area contributed by atoms with Gasteiger partial charge in [0.05, 0.1) is 0 Å². The van der Waals surface area contributed by atoms with Gasteiger partial charge < -0.3 is 11.1 Å². The Morgan fingerprint density at radius 3 is 2.57 bits per heavy atom. The first-order valence-corrected chi connectivity index (χ1v) is 8.98. The molecule has 0 saturated heterocycles. The molecule has 4 heteroatoms. The first-order chi connectivity index (χ1) is 10.2. The first-order valence-electron chi connectivity index (χ1n) is 8.98. The molecule has 0 bridgehead atoms. The van der Waals surface area contributed by atoms with Crippen molar-refractivity contribution in [3.05, 3.63) is 0 Å². The Balaban J connectivity index is 1.73. The fourth-order valence-corrected chi connectivity index (χ4v) is 4.12. The van der Waals surface area contributed by atoms with E-state index < -0.39 is 0 Å². The van der Waals surface area contributed by atoms with Crippen LogP contribution in [0.15, 0.2) is 0 Å². The number of hydrogen-bond donors (Lipinski definition) is 2. The zero-order chi connectivity index (χ0) is 15.1. The van der Waals surface area contributed by atoms with Crippen LogP contribution >= 0.6 is 0 Å². The predicted molar refractivity (Wildman–Crippen MR) is 87.1 cm³/mol. The van der Waals surface area contributed by atoms with E-state index in [1.807, 2.05) is 0 Å². The lowest BCUT2D eigenvalue weighted by Gasteiger charge is -2.32. The molecule has 0 aromatic heterocycles. The molecule has 3 N–H and O–H groups in total. The highest BCUT2D eigenvalue weighted by Crippen LogP contribution is 2.29. The molecule has 0 heterocycles. The topological polar surface area (TPSA) is 58.4 Å². The van der Waals surface area contributed by atoms with Crippen molar-refractivity contribution in [1.82, 2.24) is 10.2 Å². The van der Waals surface area contributed by atoms with E-state index in [9.17, 15) is 4.79 Å². The number of nitrogens with one attached hydrogen (secondary N) is 1. The van der Waals surface area contributed by atoms with Crippen molar-refractivity contribution in [2.24, 2.45) is 11.7 Å². The van der Waals surface area contributed by atoms with E-state index in [4.69, 9.17) is 5.73 Å². The van der Waals surface area contributed by atoms with E-state index in [0.29, 0.717) is 24.4 Å². The fraction of sp³-hybridized carbons (Fsp3) is 0.941. The van der Waals surface area contributed by atoms with Gasteiger partial charge in [0.25, 0.3) is 0 Å². The normalized spacial score (nSPS) is 27.2. The van der Waals surface area contributed by atoms with Gasteiger partial charge in [-0.15, -0.1) is 0 Å². The number of rotatable bonds is 7. The van der Waals surface area contributed by atoms with Gasteiger partial charge in [-0.05, 0) is 44.7 Å². The Morgan fingerprint density at radius 1 is 1.14 bits per heavy atom. The van der Waals surface area contributed by atoms with E-state index in [1.54, 1.807) is 0 Å². The number of nitrogens with two attached hydrogens (primary N) is 1. The molecule has 2 aliphatic rings. The summed E-state index contributed by atoms with van der Waals surface area (Å²) in [5, 5.41) is 3.22. The van der Waals surface area contributed by atoms with E-state index in [1.165, 1.54) is 51.4 Å². The highest BCUT2D eigenvalue weighted by atomic mass is 16.1. The number of hydrogen-bond acceptors (Lipinski definition) is 3. The molecule has 0 aromatic carbocycles. The third-order valence-corrected chi connectivity index (χ3v) is 5.39. The molecule has 122 valence electrons. The Morgan fingerprint density at radius 2 is 1.90 bits per heavy atom. The minimum Gasteiger partial charge on any atom is -0.353 e. The van der Waals surface area contributed by atoms with Gasteiger partial charge in [0.15, 0.2) is 0 Å². The van der Waals surface area contributed by atoms with Gasteiger partial charge in [0.2, 0.25) is 5.91 Å². The standard InChI is InChI=1S/C17H33N3O/c1-2-20(16-10-6-7-14(16)13-18)12-11-17(21)19-15-8-4-3-5-9-15/h14-16H,2-13,18H2,1H3,(H,19,21). The number of amides is 1. The molecule has 2 unspecified atom stereocenters. The minimum atomic E-state index is 0.239. The molecule has 21 heavy (non-hydrogen) atoms. The van der Waals surface area contributed by atoms with Crippen LogP contribution < -0.4 is 11.1 Å². The molecule has 2 aliphatic carbocycles. The fourth-order valence-electron chi connectivity index (χ4n) is 4.12. The zero-order valence-electron chi connectivity index (χ0n) is 13.7. The summed E-state index contributed by atoms with van der Waals surface area (Å²) in [5.41, 5.74) is 5.89. The zero-order valence-corrected chi connectivity index (χ0v) is 13.7. The number of nitrogens with zero attached hydrogens (tertiary/aromatic N) is 1. The van der Waals surface area contributed by atoms with Crippen molar-refractivity contribution >= 4 is 5.91 Å². The van der Waals surface area contributed by atoms with Gasteiger partial charge in [0.1, 0.15) is 0 Å². The molecule has 2 atom stereocenters. The average Bonchev–Trinajstić information content (AvgIpc) is 2.97. The first kappa shape index (κ1) is 16.8. The quantitative estimate of drug-likeness (QED) is 0.757. The second-order valence-corrected chi connectivity index (χ2v) is 6.78. The summed E-state index contributed by atoms with van der Waals surface area (Å²) in [6, 6.07) is 1.03. The maximum atomic E-state index is 12.1. The van der Waals surface area contributed by atoms with Crippen molar-refractivity contribution in [3.63, 3.8) is 0 Å². The molecule has 1 amide bonds. The lowest BCUT2D eigenvalue weighted by Crippen LogP contribution is -2.43. The van der Waals surface area contributed by atoms with Crippen LogP contribution in [0.2, 0.25) is 0 Å². The van der Waals surface area contributed by atoms with E-state index in [0.717, 1.165) is 19.6 Å². The Hall–Kier alpha value is -0.610. The van der Waals surface area contributed by atoms with E-state index in [-0.39, 0.29) is 5.91 Å². The SMILES string of the molecule is CCN(CCC(=O)NC1CCCCC1)C1CCCC1CN.